The number of hydrogen-bond acceptors (Lipinski definition) is 4. The van der Waals surface area contributed by atoms with E-state index in [-0.39, 0.29) is 12.5 Å². The molecule has 2 fully saturated rings. The number of rotatable bonds is 4. The Labute approximate surface area is 146 Å². The smallest absolute Gasteiger partial charge is 0.168 e. The Bertz CT molecular complexity index is 512. The van der Waals surface area contributed by atoms with E-state index in [4.69, 9.17) is 9.47 Å². The van der Waals surface area contributed by atoms with E-state index < -0.39 is 22.4 Å². The number of fused-ring (bicyclic) bond motifs is 1. The molecule has 3 aliphatic rings. The average molecular weight is 338 g/mol. The Morgan fingerprint density at radius 2 is 1.96 bits per heavy atom. The third-order valence-electron chi connectivity index (χ3n) is 7.31. The minimum atomic E-state index is -0.897. The minimum Gasteiger partial charge on any atom is -0.396 e. The molecule has 0 aromatic heterocycles. The first-order valence-electron chi connectivity index (χ1n) is 9.62. The Morgan fingerprint density at radius 1 is 1.25 bits per heavy atom. The molecule has 0 unspecified atom stereocenters. The normalized spacial score (nSPS) is 44.9. The van der Waals surface area contributed by atoms with Gasteiger partial charge in [-0.25, -0.2) is 0 Å². The largest absolute Gasteiger partial charge is 0.396 e. The predicted molar refractivity (Wildman–Crippen MR) is 93.6 cm³/mol. The lowest BCUT2D eigenvalue weighted by Gasteiger charge is -2.47. The summed E-state index contributed by atoms with van der Waals surface area (Å²) in [6, 6.07) is 0. The zero-order valence-corrected chi connectivity index (χ0v) is 15.7. The van der Waals surface area contributed by atoms with Gasteiger partial charge in [-0.3, -0.25) is 0 Å². The lowest BCUT2D eigenvalue weighted by atomic mass is 9.65. The molecule has 1 heterocycles. The highest BCUT2D eigenvalue weighted by Gasteiger charge is 2.65. The van der Waals surface area contributed by atoms with E-state index in [0.29, 0.717) is 13.0 Å². The number of aliphatic hydroxyl groups is 2. The molecule has 2 aliphatic carbocycles. The first-order chi connectivity index (χ1) is 11.3. The van der Waals surface area contributed by atoms with E-state index in [1.165, 1.54) is 5.57 Å². The Balaban J connectivity index is 1.93. The van der Waals surface area contributed by atoms with Crippen molar-refractivity contribution < 1.29 is 19.7 Å². The molecule has 0 radical (unpaired) electrons. The first kappa shape index (κ1) is 18.4. The fourth-order valence-corrected chi connectivity index (χ4v) is 5.44. The topological polar surface area (TPSA) is 58.9 Å². The van der Waals surface area contributed by atoms with Gasteiger partial charge < -0.3 is 19.7 Å². The van der Waals surface area contributed by atoms with Crippen LogP contribution in [0.25, 0.3) is 0 Å². The molecule has 1 saturated heterocycles. The molecule has 4 atom stereocenters. The summed E-state index contributed by atoms with van der Waals surface area (Å²) >= 11 is 0. The van der Waals surface area contributed by atoms with Gasteiger partial charge in [-0.15, -0.1) is 0 Å². The van der Waals surface area contributed by atoms with Crippen molar-refractivity contribution in [3.63, 3.8) is 0 Å². The van der Waals surface area contributed by atoms with Gasteiger partial charge in [-0.1, -0.05) is 25.5 Å². The van der Waals surface area contributed by atoms with Crippen LogP contribution >= 0.6 is 0 Å². The lowest BCUT2D eigenvalue weighted by molar-refractivity contribution is -0.220. The molecule has 1 saturated carbocycles. The van der Waals surface area contributed by atoms with Crippen molar-refractivity contribution in [2.75, 3.05) is 13.2 Å². The van der Waals surface area contributed by atoms with Gasteiger partial charge in [0.15, 0.2) is 5.79 Å². The molecule has 3 rings (SSSR count). The highest BCUT2D eigenvalue weighted by molar-refractivity contribution is 5.20. The van der Waals surface area contributed by atoms with Crippen molar-refractivity contribution >= 4 is 0 Å². The molecule has 4 heteroatoms. The van der Waals surface area contributed by atoms with Crippen LogP contribution in [0.15, 0.2) is 11.6 Å². The molecule has 0 aromatic carbocycles. The van der Waals surface area contributed by atoms with Crippen molar-refractivity contribution in [1.29, 1.82) is 0 Å². The molecule has 4 nitrogen and oxygen atoms in total. The van der Waals surface area contributed by atoms with Crippen LogP contribution in [-0.4, -0.2) is 40.4 Å². The van der Waals surface area contributed by atoms with Gasteiger partial charge in [0.2, 0.25) is 0 Å². The number of ether oxygens (including phenoxy) is 2. The third kappa shape index (κ3) is 2.49. The van der Waals surface area contributed by atoms with Crippen molar-refractivity contribution in [2.24, 2.45) is 11.3 Å². The van der Waals surface area contributed by atoms with Crippen LogP contribution in [0.5, 0.6) is 0 Å². The van der Waals surface area contributed by atoms with E-state index in [0.717, 1.165) is 38.5 Å². The minimum absolute atomic E-state index is 0.00331. The molecular weight excluding hydrogens is 304 g/mol. The monoisotopic (exact) mass is 338 g/mol. The van der Waals surface area contributed by atoms with E-state index in [9.17, 15) is 10.2 Å². The molecule has 1 aliphatic heterocycles. The van der Waals surface area contributed by atoms with Gasteiger partial charge in [0.25, 0.3) is 0 Å². The van der Waals surface area contributed by atoms with Crippen LogP contribution in [0.1, 0.15) is 72.6 Å². The van der Waals surface area contributed by atoms with Crippen molar-refractivity contribution in [2.45, 2.75) is 89.6 Å². The standard InChI is InChI=1S/C20H34O4/c1-5-19(6-2)23-14-17(4,24-19)16-9-11-18(13-21)10-7-15(3)8-12-20(16,18)22/h7,16,21-22H,5-6,8-14H2,1-4H3/t16-,17+,18+,20-/m0/s1. The van der Waals surface area contributed by atoms with Gasteiger partial charge in [0.05, 0.1) is 24.4 Å². The fraction of sp³-hybridized carbons (Fsp3) is 0.900. The zero-order chi connectivity index (χ0) is 17.6. The summed E-state index contributed by atoms with van der Waals surface area (Å²) in [5.41, 5.74) is -0.512. The van der Waals surface area contributed by atoms with Crippen LogP contribution in [-0.2, 0) is 9.47 Å². The summed E-state index contributed by atoms with van der Waals surface area (Å²) in [5, 5.41) is 22.0. The summed E-state index contributed by atoms with van der Waals surface area (Å²) in [6.45, 7) is 8.97. The van der Waals surface area contributed by atoms with E-state index in [1.54, 1.807) is 0 Å². The molecule has 24 heavy (non-hydrogen) atoms. The highest BCUT2D eigenvalue weighted by Crippen LogP contribution is 2.61. The van der Waals surface area contributed by atoms with E-state index in [2.05, 4.69) is 33.8 Å². The van der Waals surface area contributed by atoms with Crippen LogP contribution in [0.3, 0.4) is 0 Å². The summed E-state index contributed by atoms with van der Waals surface area (Å²) < 4.78 is 12.6. The summed E-state index contributed by atoms with van der Waals surface area (Å²) in [7, 11) is 0. The molecular formula is C20H34O4. The summed E-state index contributed by atoms with van der Waals surface area (Å²) in [5.74, 6) is -0.523. The maximum atomic E-state index is 11.8. The van der Waals surface area contributed by atoms with Crippen LogP contribution in [0, 0.1) is 11.3 Å². The second-order valence-corrected chi connectivity index (χ2v) is 8.53. The van der Waals surface area contributed by atoms with Gasteiger partial charge in [0.1, 0.15) is 0 Å². The molecule has 138 valence electrons. The van der Waals surface area contributed by atoms with Gasteiger partial charge in [0, 0.05) is 11.3 Å². The first-order valence-corrected chi connectivity index (χ1v) is 9.62. The lowest BCUT2D eigenvalue weighted by Crippen LogP contribution is -2.57. The third-order valence-corrected chi connectivity index (χ3v) is 7.31. The maximum absolute atomic E-state index is 11.8. The zero-order valence-electron chi connectivity index (χ0n) is 15.7. The second-order valence-electron chi connectivity index (χ2n) is 8.53. The fourth-order valence-electron chi connectivity index (χ4n) is 5.44. The van der Waals surface area contributed by atoms with E-state index in [1.807, 2.05) is 0 Å². The van der Waals surface area contributed by atoms with Crippen LogP contribution in [0.4, 0.5) is 0 Å². The van der Waals surface area contributed by atoms with Crippen LogP contribution < -0.4 is 0 Å². The second kappa shape index (κ2) is 6.08. The van der Waals surface area contributed by atoms with Crippen molar-refractivity contribution in [3.8, 4) is 0 Å². The van der Waals surface area contributed by atoms with Crippen LogP contribution in [0.2, 0.25) is 0 Å². The Morgan fingerprint density at radius 3 is 2.54 bits per heavy atom. The summed E-state index contributed by atoms with van der Waals surface area (Å²) in [6.07, 6.45) is 7.92. The van der Waals surface area contributed by atoms with Gasteiger partial charge >= 0.3 is 0 Å². The molecule has 2 N–H and O–H groups in total. The van der Waals surface area contributed by atoms with E-state index >= 15 is 0 Å². The molecule has 0 spiro atoms. The Hall–Kier alpha value is -0.420. The van der Waals surface area contributed by atoms with Crippen molar-refractivity contribution in [1.82, 2.24) is 0 Å². The highest BCUT2D eigenvalue weighted by atomic mass is 16.8. The van der Waals surface area contributed by atoms with Crippen molar-refractivity contribution in [3.05, 3.63) is 11.6 Å². The number of aliphatic hydroxyl groups excluding tert-OH is 1. The predicted octanol–water partition coefficient (Wildman–Crippen LogP) is 3.56. The number of allylic oxidation sites excluding steroid dienone is 2. The van der Waals surface area contributed by atoms with Gasteiger partial charge in [-0.05, 0) is 58.8 Å². The SMILES string of the molecule is CCC1(CC)OC[C@](C)([C@@H]2CC[C@@]3(CO)CC=C(C)CC[C@]23O)O1. The maximum Gasteiger partial charge on any atom is 0.168 e. The summed E-state index contributed by atoms with van der Waals surface area (Å²) in [4.78, 5) is 0. The average Bonchev–Trinajstić information content (AvgIpc) is 3.04. The Kier molecular flexibility index (Phi) is 4.66. The molecule has 0 bridgehead atoms. The quantitative estimate of drug-likeness (QED) is 0.770. The van der Waals surface area contributed by atoms with Gasteiger partial charge in [-0.2, -0.15) is 0 Å². The molecule has 0 amide bonds. The molecule has 0 aromatic rings. The number of hydrogen-bond donors (Lipinski definition) is 2.